The van der Waals surface area contributed by atoms with Crippen molar-refractivity contribution in [1.29, 1.82) is 0 Å². The van der Waals surface area contributed by atoms with Crippen molar-refractivity contribution in [2.45, 2.75) is 52.3 Å². The van der Waals surface area contributed by atoms with Crippen LogP contribution in [-0.2, 0) is 11.3 Å². The molecule has 0 aliphatic rings. The minimum atomic E-state index is -0.482. The molecule has 0 fully saturated rings. The summed E-state index contributed by atoms with van der Waals surface area (Å²) in [4.78, 5) is 11.6. The summed E-state index contributed by atoms with van der Waals surface area (Å²) >= 11 is 5.71. The van der Waals surface area contributed by atoms with Crippen LogP contribution in [-0.4, -0.2) is 24.3 Å². The van der Waals surface area contributed by atoms with Gasteiger partial charge in [-0.2, -0.15) is 0 Å². The van der Waals surface area contributed by atoms with E-state index in [2.05, 4.69) is 10.6 Å². The molecule has 5 nitrogen and oxygen atoms in total. The van der Waals surface area contributed by atoms with Crippen molar-refractivity contribution in [1.82, 2.24) is 10.6 Å². The zero-order valence-electron chi connectivity index (χ0n) is 12.5. The Kier molecular flexibility index (Phi) is 6.36. The van der Waals surface area contributed by atoms with Crippen molar-refractivity contribution in [3.63, 3.8) is 0 Å². The Hall–Kier alpha value is -1.20. The molecule has 0 radical (unpaired) electrons. The maximum atomic E-state index is 11.6. The Morgan fingerprint density at radius 1 is 1.45 bits per heavy atom. The molecular weight excluding hydrogens is 280 g/mol. The van der Waals surface area contributed by atoms with Crippen molar-refractivity contribution in [3.8, 4) is 0 Å². The molecule has 1 rings (SSSR count). The maximum absolute atomic E-state index is 11.6. The monoisotopic (exact) mass is 302 g/mol. The van der Waals surface area contributed by atoms with Crippen molar-refractivity contribution in [3.05, 3.63) is 23.1 Å². The van der Waals surface area contributed by atoms with Gasteiger partial charge in [0.25, 0.3) is 0 Å². The van der Waals surface area contributed by atoms with Crippen LogP contribution >= 0.6 is 11.6 Å². The zero-order valence-corrected chi connectivity index (χ0v) is 13.2. The Bertz CT molecular complexity index is 426. The van der Waals surface area contributed by atoms with E-state index in [1.54, 1.807) is 6.07 Å². The van der Waals surface area contributed by atoms with Gasteiger partial charge in [0, 0.05) is 12.6 Å². The molecule has 1 atom stereocenters. The van der Waals surface area contributed by atoms with E-state index >= 15 is 0 Å². The molecule has 1 amide bonds. The van der Waals surface area contributed by atoms with Crippen molar-refractivity contribution in [2.24, 2.45) is 0 Å². The van der Waals surface area contributed by atoms with Gasteiger partial charge in [-0.15, -0.1) is 0 Å². The molecule has 0 saturated carbocycles. The van der Waals surface area contributed by atoms with Crippen molar-refractivity contribution >= 4 is 17.7 Å². The summed E-state index contributed by atoms with van der Waals surface area (Å²) in [6, 6.07) is 3.67. The summed E-state index contributed by atoms with van der Waals surface area (Å²) in [5.41, 5.74) is -0.482. The largest absolute Gasteiger partial charge is 0.448 e. The summed E-state index contributed by atoms with van der Waals surface area (Å²) in [6.07, 6.45) is 0.475. The third-order valence-corrected chi connectivity index (χ3v) is 2.78. The molecular formula is C14H23ClN2O3. The number of hydrogen-bond acceptors (Lipinski definition) is 4. The highest BCUT2D eigenvalue weighted by Gasteiger charge is 2.17. The summed E-state index contributed by atoms with van der Waals surface area (Å²) in [5, 5.41) is 6.42. The summed E-state index contributed by atoms with van der Waals surface area (Å²) in [6.45, 7) is 8.62. The van der Waals surface area contributed by atoms with E-state index < -0.39 is 11.7 Å². The second kappa shape index (κ2) is 7.55. The number of rotatable bonds is 6. The lowest BCUT2D eigenvalue weighted by molar-refractivity contribution is 0.0522. The van der Waals surface area contributed by atoms with Gasteiger partial charge < -0.3 is 19.8 Å². The molecule has 0 bridgehead atoms. The van der Waals surface area contributed by atoms with Gasteiger partial charge in [0.15, 0.2) is 5.22 Å². The van der Waals surface area contributed by atoms with Gasteiger partial charge in [-0.1, -0.05) is 6.92 Å². The highest BCUT2D eigenvalue weighted by Crippen LogP contribution is 2.13. The Balaban J connectivity index is 2.30. The molecule has 0 aliphatic heterocycles. The van der Waals surface area contributed by atoms with Crippen LogP contribution in [0.5, 0.6) is 0 Å². The fraction of sp³-hybridized carbons (Fsp3) is 0.643. The van der Waals surface area contributed by atoms with Crippen LogP contribution in [0.15, 0.2) is 16.5 Å². The van der Waals surface area contributed by atoms with Crippen LogP contribution in [0, 0.1) is 0 Å². The highest BCUT2D eigenvalue weighted by atomic mass is 35.5. The molecule has 0 spiro atoms. The van der Waals surface area contributed by atoms with Crippen molar-refractivity contribution < 1.29 is 13.9 Å². The Morgan fingerprint density at radius 2 is 2.15 bits per heavy atom. The van der Waals surface area contributed by atoms with E-state index in [0.717, 1.165) is 12.2 Å². The average molecular weight is 303 g/mol. The SMILES string of the molecule is CCC(CNC(=O)OC(C)(C)C)NCc1ccc(Cl)o1. The number of carbonyl (C=O) groups is 1. The predicted octanol–water partition coefficient (Wildman–Crippen LogP) is 3.33. The smallest absolute Gasteiger partial charge is 0.407 e. The molecule has 1 aromatic heterocycles. The number of carbonyl (C=O) groups excluding carboxylic acids is 1. The molecule has 1 unspecified atom stereocenters. The van der Waals surface area contributed by atoms with E-state index in [1.165, 1.54) is 0 Å². The first-order valence-electron chi connectivity index (χ1n) is 6.74. The first-order valence-corrected chi connectivity index (χ1v) is 7.12. The van der Waals surface area contributed by atoms with Gasteiger partial charge >= 0.3 is 6.09 Å². The lowest BCUT2D eigenvalue weighted by Crippen LogP contribution is -2.42. The normalized spacial score (nSPS) is 13.1. The molecule has 6 heteroatoms. The van der Waals surface area contributed by atoms with Crippen molar-refractivity contribution in [2.75, 3.05) is 6.54 Å². The standard InChI is InChI=1S/C14H23ClN2O3/c1-5-10(8-17-13(18)20-14(2,3)4)16-9-11-6-7-12(15)19-11/h6-7,10,16H,5,8-9H2,1-4H3,(H,17,18). The molecule has 0 aromatic carbocycles. The van der Waals surface area contributed by atoms with Crippen LogP contribution in [0.4, 0.5) is 4.79 Å². The lowest BCUT2D eigenvalue weighted by atomic mass is 10.2. The Labute approximate surface area is 125 Å². The lowest BCUT2D eigenvalue weighted by Gasteiger charge is -2.22. The summed E-state index contributed by atoms with van der Waals surface area (Å²) < 4.78 is 10.4. The van der Waals surface area contributed by atoms with Gasteiger partial charge in [-0.05, 0) is 50.9 Å². The third-order valence-electron chi connectivity index (χ3n) is 2.58. The van der Waals surface area contributed by atoms with E-state index in [9.17, 15) is 4.79 Å². The molecule has 2 N–H and O–H groups in total. The molecule has 1 heterocycles. The summed E-state index contributed by atoms with van der Waals surface area (Å²) in [5.74, 6) is 0.769. The fourth-order valence-electron chi connectivity index (χ4n) is 1.57. The number of alkyl carbamates (subject to hydrolysis) is 1. The average Bonchev–Trinajstić information content (AvgIpc) is 2.73. The number of furan rings is 1. The molecule has 20 heavy (non-hydrogen) atoms. The van der Waals surface area contributed by atoms with Gasteiger partial charge in [0.2, 0.25) is 0 Å². The first kappa shape index (κ1) is 16.9. The van der Waals surface area contributed by atoms with Gasteiger partial charge in [0.05, 0.1) is 6.54 Å². The second-order valence-corrected chi connectivity index (χ2v) is 5.95. The quantitative estimate of drug-likeness (QED) is 0.846. The van der Waals surface area contributed by atoms with Crippen LogP contribution < -0.4 is 10.6 Å². The number of ether oxygens (including phenoxy) is 1. The van der Waals surface area contributed by atoms with Crippen LogP contribution in [0.25, 0.3) is 0 Å². The van der Waals surface area contributed by atoms with Crippen LogP contribution in [0.1, 0.15) is 39.9 Å². The topological polar surface area (TPSA) is 63.5 Å². The molecule has 114 valence electrons. The first-order chi connectivity index (χ1) is 9.30. The fourth-order valence-corrected chi connectivity index (χ4v) is 1.74. The third kappa shape index (κ3) is 6.82. The van der Waals surface area contributed by atoms with E-state index in [-0.39, 0.29) is 6.04 Å². The minimum absolute atomic E-state index is 0.145. The molecule has 0 aliphatic carbocycles. The maximum Gasteiger partial charge on any atom is 0.407 e. The van der Waals surface area contributed by atoms with E-state index in [4.69, 9.17) is 20.8 Å². The van der Waals surface area contributed by atoms with Crippen LogP contribution in [0.2, 0.25) is 5.22 Å². The number of amides is 1. The Morgan fingerprint density at radius 3 is 2.65 bits per heavy atom. The van der Waals surface area contributed by atoms with Gasteiger partial charge in [0.1, 0.15) is 11.4 Å². The van der Waals surface area contributed by atoms with Gasteiger partial charge in [-0.3, -0.25) is 0 Å². The molecule has 0 saturated heterocycles. The number of halogens is 1. The van der Waals surface area contributed by atoms with Crippen LogP contribution in [0.3, 0.4) is 0 Å². The van der Waals surface area contributed by atoms with E-state index in [0.29, 0.717) is 18.3 Å². The van der Waals surface area contributed by atoms with E-state index in [1.807, 2.05) is 33.8 Å². The second-order valence-electron chi connectivity index (χ2n) is 5.57. The predicted molar refractivity (Wildman–Crippen MR) is 78.9 cm³/mol. The van der Waals surface area contributed by atoms with Gasteiger partial charge in [-0.25, -0.2) is 4.79 Å². The zero-order chi connectivity index (χ0) is 15.2. The molecule has 1 aromatic rings. The number of nitrogens with one attached hydrogen (secondary N) is 2. The minimum Gasteiger partial charge on any atom is -0.448 e. The number of hydrogen-bond donors (Lipinski definition) is 2. The summed E-state index contributed by atoms with van der Waals surface area (Å²) in [7, 11) is 0. The highest BCUT2D eigenvalue weighted by molar-refractivity contribution is 6.28.